The fourth-order valence-corrected chi connectivity index (χ4v) is 1.18. The fourth-order valence-electron chi connectivity index (χ4n) is 1.18. The Morgan fingerprint density at radius 2 is 2.00 bits per heavy atom. The molecule has 0 aliphatic heterocycles. The molecule has 0 atom stereocenters. The van der Waals surface area contributed by atoms with Crippen LogP contribution in [0, 0.1) is 0 Å². The topological polar surface area (TPSA) is 43.8 Å². The lowest BCUT2D eigenvalue weighted by molar-refractivity contribution is 0.948. The van der Waals surface area contributed by atoms with Crippen LogP contribution in [0.4, 0.5) is 5.69 Å². The highest BCUT2D eigenvalue weighted by molar-refractivity contribution is 5.86. The van der Waals surface area contributed by atoms with Crippen molar-refractivity contribution >= 4 is 41.5 Å². The van der Waals surface area contributed by atoms with Crippen molar-refractivity contribution in [3.05, 3.63) is 24.5 Å². The minimum Gasteiger partial charge on any atom is -0.397 e. The van der Waals surface area contributed by atoms with Gasteiger partial charge in [0.2, 0.25) is 0 Å². The van der Waals surface area contributed by atoms with Crippen molar-refractivity contribution in [3.8, 4) is 0 Å². The van der Waals surface area contributed by atoms with E-state index in [0.29, 0.717) is 0 Å². The summed E-state index contributed by atoms with van der Waals surface area (Å²) in [4.78, 5) is 4.16. The normalized spacial score (nSPS) is 9.00. The van der Waals surface area contributed by atoms with Crippen molar-refractivity contribution in [2.24, 2.45) is 7.05 Å². The summed E-state index contributed by atoms with van der Waals surface area (Å²) in [7, 11) is 1.95. The van der Waals surface area contributed by atoms with E-state index in [9.17, 15) is 0 Å². The van der Waals surface area contributed by atoms with E-state index >= 15 is 0 Å². The Bertz CT molecular complexity index is 397. The first-order valence-corrected chi connectivity index (χ1v) is 3.44. The largest absolute Gasteiger partial charge is 0.397 e. The van der Waals surface area contributed by atoms with Crippen LogP contribution in [0.5, 0.6) is 0 Å². The van der Waals surface area contributed by atoms with E-state index < -0.39 is 0 Å². The molecule has 0 radical (unpaired) electrons. The molecule has 1 aromatic heterocycles. The van der Waals surface area contributed by atoms with Gasteiger partial charge in [0.15, 0.2) is 0 Å². The van der Waals surface area contributed by atoms with Gasteiger partial charge in [0.1, 0.15) is 5.52 Å². The molecule has 0 spiro atoms. The molecule has 0 saturated carbocycles. The Kier molecular flexibility index (Phi) is 4.04. The number of hydrogen-bond acceptors (Lipinski definition) is 2. The molecule has 0 aliphatic carbocycles. The zero-order valence-electron chi connectivity index (χ0n) is 7.10. The molecule has 3 nitrogen and oxygen atoms in total. The summed E-state index contributed by atoms with van der Waals surface area (Å²) in [5.74, 6) is 0. The van der Waals surface area contributed by atoms with E-state index in [4.69, 9.17) is 5.73 Å². The molecule has 0 fully saturated rings. The molecule has 1 heterocycles. The second kappa shape index (κ2) is 4.35. The third kappa shape index (κ3) is 1.87. The third-order valence-corrected chi connectivity index (χ3v) is 1.79. The van der Waals surface area contributed by atoms with E-state index in [1.54, 1.807) is 6.33 Å². The van der Waals surface area contributed by atoms with E-state index in [0.717, 1.165) is 16.7 Å². The number of fused-ring (bicyclic) bond motifs is 1. The number of anilines is 1. The molecule has 5 heteroatoms. The molecule has 0 aliphatic rings. The Hall–Kier alpha value is -0.930. The summed E-state index contributed by atoms with van der Waals surface area (Å²) in [5.41, 5.74) is 8.39. The zero-order valence-corrected chi connectivity index (χ0v) is 8.73. The zero-order chi connectivity index (χ0) is 7.84. The highest BCUT2D eigenvalue weighted by Gasteiger charge is 2.00. The predicted octanol–water partition coefficient (Wildman–Crippen LogP) is 2.00. The number of aryl methyl sites for hydroxylation is 1. The Labute approximate surface area is 88.8 Å². The van der Waals surface area contributed by atoms with Gasteiger partial charge in [-0.3, -0.25) is 0 Å². The van der Waals surface area contributed by atoms with Crippen molar-refractivity contribution in [1.29, 1.82) is 0 Å². The molecule has 13 heavy (non-hydrogen) atoms. The number of nitrogens with zero attached hydrogens (tertiary/aromatic N) is 2. The van der Waals surface area contributed by atoms with Crippen molar-refractivity contribution in [2.75, 3.05) is 5.73 Å². The van der Waals surface area contributed by atoms with Crippen LogP contribution in [0.25, 0.3) is 11.0 Å². The van der Waals surface area contributed by atoms with Crippen LogP contribution in [0.15, 0.2) is 24.5 Å². The summed E-state index contributed by atoms with van der Waals surface area (Å²) < 4.78 is 1.95. The van der Waals surface area contributed by atoms with Crippen LogP contribution in [-0.4, -0.2) is 9.55 Å². The first-order valence-electron chi connectivity index (χ1n) is 3.44. The van der Waals surface area contributed by atoms with Crippen LogP contribution in [0.3, 0.4) is 0 Å². The highest BCUT2D eigenvalue weighted by atomic mass is 35.5. The van der Waals surface area contributed by atoms with Gasteiger partial charge in [-0.15, -0.1) is 24.8 Å². The van der Waals surface area contributed by atoms with Gasteiger partial charge in [0, 0.05) is 7.05 Å². The van der Waals surface area contributed by atoms with Gasteiger partial charge >= 0.3 is 0 Å². The Morgan fingerprint density at radius 1 is 1.31 bits per heavy atom. The second-order valence-corrected chi connectivity index (χ2v) is 2.57. The summed E-state index contributed by atoms with van der Waals surface area (Å²) in [6.07, 6.45) is 1.76. The first kappa shape index (κ1) is 12.1. The number of nitrogen functional groups attached to an aromatic ring is 1. The van der Waals surface area contributed by atoms with E-state index in [1.807, 2.05) is 29.8 Å². The molecule has 0 bridgehead atoms. The number of nitrogens with two attached hydrogens (primary N) is 1. The van der Waals surface area contributed by atoms with E-state index in [2.05, 4.69) is 4.98 Å². The maximum atomic E-state index is 5.69. The highest BCUT2D eigenvalue weighted by Crippen LogP contribution is 2.17. The maximum absolute atomic E-state index is 5.69. The van der Waals surface area contributed by atoms with Crippen LogP contribution in [0.1, 0.15) is 0 Å². The van der Waals surface area contributed by atoms with Gasteiger partial charge in [-0.25, -0.2) is 4.98 Å². The fraction of sp³-hybridized carbons (Fsp3) is 0.125. The number of hydrogen-bond donors (Lipinski definition) is 1. The number of imidazole rings is 1. The van der Waals surface area contributed by atoms with Crippen LogP contribution in [-0.2, 0) is 7.05 Å². The van der Waals surface area contributed by atoms with Gasteiger partial charge in [0.05, 0.1) is 17.5 Å². The molecule has 0 unspecified atom stereocenters. The lowest BCUT2D eigenvalue weighted by Crippen LogP contribution is -1.87. The van der Waals surface area contributed by atoms with Gasteiger partial charge in [0.25, 0.3) is 0 Å². The van der Waals surface area contributed by atoms with Crippen molar-refractivity contribution < 1.29 is 0 Å². The number of rotatable bonds is 0. The minimum absolute atomic E-state index is 0. The van der Waals surface area contributed by atoms with Crippen molar-refractivity contribution in [1.82, 2.24) is 9.55 Å². The second-order valence-electron chi connectivity index (χ2n) is 2.57. The van der Waals surface area contributed by atoms with E-state index in [-0.39, 0.29) is 24.8 Å². The van der Waals surface area contributed by atoms with Crippen molar-refractivity contribution in [2.45, 2.75) is 0 Å². The van der Waals surface area contributed by atoms with Crippen molar-refractivity contribution in [3.63, 3.8) is 0 Å². The average molecular weight is 220 g/mol. The summed E-state index contributed by atoms with van der Waals surface area (Å²) in [5, 5.41) is 0. The van der Waals surface area contributed by atoms with Gasteiger partial charge in [-0.2, -0.15) is 0 Å². The van der Waals surface area contributed by atoms with Crippen LogP contribution in [0.2, 0.25) is 0 Å². The van der Waals surface area contributed by atoms with Crippen LogP contribution >= 0.6 is 24.8 Å². The first-order chi connectivity index (χ1) is 5.29. The summed E-state index contributed by atoms with van der Waals surface area (Å²) in [6, 6.07) is 5.79. The standard InChI is InChI=1S/C8H9N3.2ClH/c1-11-5-10-8-6(9)3-2-4-7(8)11;;/h2-5H,9H2,1H3;2*1H. The molecule has 2 rings (SSSR count). The van der Waals surface area contributed by atoms with Crippen LogP contribution < -0.4 is 5.73 Å². The maximum Gasteiger partial charge on any atom is 0.111 e. The van der Waals surface area contributed by atoms with Gasteiger partial charge in [-0.1, -0.05) is 6.07 Å². The molecular formula is C8H11Cl2N3. The monoisotopic (exact) mass is 219 g/mol. The predicted molar refractivity (Wildman–Crippen MR) is 59.6 cm³/mol. The number of benzene rings is 1. The lowest BCUT2D eigenvalue weighted by atomic mass is 10.3. The number of aromatic nitrogens is 2. The molecule has 0 amide bonds. The summed E-state index contributed by atoms with van der Waals surface area (Å²) >= 11 is 0. The molecule has 2 N–H and O–H groups in total. The third-order valence-electron chi connectivity index (χ3n) is 1.79. The molecule has 1 aromatic carbocycles. The minimum atomic E-state index is 0. The van der Waals surface area contributed by atoms with Gasteiger partial charge < -0.3 is 10.3 Å². The SMILES string of the molecule is Cl.Cl.Cn1cnc2c(N)cccc21. The average Bonchev–Trinajstić information content (AvgIpc) is 2.35. The quantitative estimate of drug-likeness (QED) is 0.690. The number of para-hydroxylation sites is 1. The molecule has 72 valence electrons. The Balaban J connectivity index is 0.000000720. The van der Waals surface area contributed by atoms with E-state index in [1.165, 1.54) is 0 Å². The van der Waals surface area contributed by atoms with Gasteiger partial charge in [-0.05, 0) is 12.1 Å². The number of halogens is 2. The smallest absolute Gasteiger partial charge is 0.111 e. The molecular weight excluding hydrogens is 209 g/mol. The molecule has 0 saturated heterocycles. The Morgan fingerprint density at radius 3 is 2.62 bits per heavy atom. The summed E-state index contributed by atoms with van der Waals surface area (Å²) in [6.45, 7) is 0. The lowest BCUT2D eigenvalue weighted by Gasteiger charge is -1.94. The molecule has 2 aromatic rings.